The predicted octanol–water partition coefficient (Wildman–Crippen LogP) is 4.68. The number of anilines is 1. The van der Waals surface area contributed by atoms with Crippen LogP contribution in [0.4, 0.5) is 10.1 Å². The Kier molecular flexibility index (Phi) is 4.70. The molecule has 0 unspecified atom stereocenters. The van der Waals surface area contributed by atoms with Crippen molar-refractivity contribution in [3.8, 4) is 0 Å². The molecule has 1 fully saturated rings. The number of halogens is 1. The highest BCUT2D eigenvalue weighted by atomic mass is 32.2. The van der Waals surface area contributed by atoms with Crippen molar-refractivity contribution < 1.29 is 9.18 Å². The monoisotopic (exact) mass is 420 g/mol. The van der Waals surface area contributed by atoms with Crippen LogP contribution in [0, 0.1) is 11.7 Å². The number of thioether (sulfide) groups is 1. The van der Waals surface area contributed by atoms with Crippen molar-refractivity contribution in [2.45, 2.75) is 24.8 Å². The van der Waals surface area contributed by atoms with E-state index in [1.165, 1.54) is 17.8 Å². The molecule has 0 saturated heterocycles. The third kappa shape index (κ3) is 3.23. The standard InChI is InChI=1S/C23H21FN4OS/c24-18-9-8-16(12-17(18)23-11-3-5-15(23)13-30-22(25)28-23)26-21(29)20-10-7-14-4-1-2-6-19(14)27-20/h1-2,4,6-10,12,15H,3,5,11,13H2,(H2,25,28)(H,26,29)/t15-,23-/m0/s1. The Balaban J connectivity index is 1.47. The fourth-order valence-electron chi connectivity index (χ4n) is 4.58. The minimum absolute atomic E-state index is 0.248. The summed E-state index contributed by atoms with van der Waals surface area (Å²) in [7, 11) is 0. The van der Waals surface area contributed by atoms with Gasteiger partial charge in [0.25, 0.3) is 5.91 Å². The van der Waals surface area contributed by atoms with Crippen LogP contribution in [0.2, 0.25) is 0 Å². The Morgan fingerprint density at radius 2 is 2.07 bits per heavy atom. The van der Waals surface area contributed by atoms with E-state index >= 15 is 0 Å². The molecule has 1 aliphatic heterocycles. The lowest BCUT2D eigenvalue weighted by Crippen LogP contribution is -2.37. The lowest BCUT2D eigenvalue weighted by atomic mass is 9.81. The topological polar surface area (TPSA) is 80.4 Å². The van der Waals surface area contributed by atoms with Crippen LogP contribution in [-0.4, -0.2) is 21.8 Å². The van der Waals surface area contributed by atoms with E-state index in [4.69, 9.17) is 10.7 Å². The predicted molar refractivity (Wildman–Crippen MR) is 119 cm³/mol. The number of nitrogens with one attached hydrogen (secondary N) is 1. The summed E-state index contributed by atoms with van der Waals surface area (Å²) in [5, 5.41) is 4.33. The molecule has 3 N–H and O–H groups in total. The molecular formula is C23H21FN4OS. The van der Waals surface area contributed by atoms with Gasteiger partial charge in [-0.3, -0.25) is 9.79 Å². The number of nitrogens with zero attached hydrogens (tertiary/aromatic N) is 2. The molecule has 30 heavy (non-hydrogen) atoms. The second-order valence-corrected chi connectivity index (χ2v) is 8.85. The number of carbonyl (C=O) groups is 1. The molecule has 5 nitrogen and oxygen atoms in total. The maximum absolute atomic E-state index is 14.9. The number of aliphatic imine (C=N–C) groups is 1. The van der Waals surface area contributed by atoms with E-state index in [1.54, 1.807) is 18.2 Å². The van der Waals surface area contributed by atoms with Crippen molar-refractivity contribution >= 4 is 39.4 Å². The van der Waals surface area contributed by atoms with E-state index in [0.29, 0.717) is 22.1 Å². The van der Waals surface area contributed by atoms with Gasteiger partial charge in [0, 0.05) is 22.4 Å². The van der Waals surface area contributed by atoms with Gasteiger partial charge in [-0.1, -0.05) is 42.4 Å². The third-order valence-electron chi connectivity index (χ3n) is 6.05. The van der Waals surface area contributed by atoms with Crippen molar-refractivity contribution in [2.75, 3.05) is 11.1 Å². The van der Waals surface area contributed by atoms with Crippen molar-refractivity contribution in [1.29, 1.82) is 0 Å². The first-order valence-electron chi connectivity index (χ1n) is 10.0. The smallest absolute Gasteiger partial charge is 0.274 e. The molecule has 2 aromatic carbocycles. The van der Waals surface area contributed by atoms with Crippen molar-refractivity contribution in [3.05, 3.63) is 71.7 Å². The number of rotatable bonds is 3. The molecule has 1 amide bonds. The summed E-state index contributed by atoms with van der Waals surface area (Å²) in [6.45, 7) is 0. The van der Waals surface area contributed by atoms with Gasteiger partial charge in [-0.25, -0.2) is 9.37 Å². The van der Waals surface area contributed by atoms with Gasteiger partial charge in [0.1, 0.15) is 11.5 Å². The normalized spacial score (nSPS) is 23.1. The van der Waals surface area contributed by atoms with Gasteiger partial charge in [0.15, 0.2) is 5.17 Å². The minimum atomic E-state index is -0.638. The largest absolute Gasteiger partial charge is 0.379 e. The molecular weight excluding hydrogens is 399 g/mol. The summed E-state index contributed by atoms with van der Waals surface area (Å²) in [5.41, 5.74) is 7.48. The van der Waals surface area contributed by atoms with Gasteiger partial charge in [0.05, 0.1) is 11.1 Å². The van der Waals surface area contributed by atoms with Gasteiger partial charge in [-0.15, -0.1) is 0 Å². The lowest BCUT2D eigenvalue weighted by molar-refractivity contribution is 0.102. The number of hydrogen-bond acceptors (Lipinski definition) is 5. The van der Waals surface area contributed by atoms with E-state index in [2.05, 4.69) is 10.3 Å². The number of hydrogen-bond donors (Lipinski definition) is 2. The van der Waals surface area contributed by atoms with E-state index in [-0.39, 0.29) is 17.6 Å². The average molecular weight is 421 g/mol. The number of nitrogens with two attached hydrogens (primary N) is 1. The van der Waals surface area contributed by atoms with Gasteiger partial charge >= 0.3 is 0 Å². The lowest BCUT2D eigenvalue weighted by Gasteiger charge is -2.36. The summed E-state index contributed by atoms with van der Waals surface area (Å²) in [6, 6.07) is 15.9. The zero-order valence-corrected chi connectivity index (χ0v) is 17.1. The number of carbonyl (C=O) groups excluding carboxylic acids is 1. The zero-order chi connectivity index (χ0) is 20.7. The molecule has 0 radical (unpaired) electrons. The molecule has 2 aliphatic rings. The molecule has 7 heteroatoms. The van der Waals surface area contributed by atoms with Gasteiger partial charge in [-0.05, 0) is 49.1 Å². The van der Waals surface area contributed by atoms with Crippen LogP contribution in [0.3, 0.4) is 0 Å². The number of para-hydroxylation sites is 1. The Morgan fingerprint density at radius 3 is 2.97 bits per heavy atom. The molecule has 2 atom stereocenters. The highest BCUT2D eigenvalue weighted by Crippen LogP contribution is 2.51. The molecule has 0 bridgehead atoms. The van der Waals surface area contributed by atoms with Gasteiger partial charge in [-0.2, -0.15) is 0 Å². The molecule has 5 rings (SSSR count). The summed E-state index contributed by atoms with van der Waals surface area (Å²) in [4.78, 5) is 21.9. The summed E-state index contributed by atoms with van der Waals surface area (Å²) in [5.74, 6) is 0.442. The Morgan fingerprint density at radius 1 is 1.20 bits per heavy atom. The van der Waals surface area contributed by atoms with Crippen LogP contribution < -0.4 is 11.1 Å². The number of pyridine rings is 1. The van der Waals surface area contributed by atoms with Gasteiger partial charge < -0.3 is 11.1 Å². The molecule has 152 valence electrons. The highest BCUT2D eigenvalue weighted by Gasteiger charge is 2.48. The second kappa shape index (κ2) is 7.40. The molecule has 1 aromatic heterocycles. The van der Waals surface area contributed by atoms with Crippen LogP contribution in [-0.2, 0) is 5.54 Å². The molecule has 0 spiro atoms. The number of amides is 1. The van der Waals surface area contributed by atoms with Crippen LogP contribution >= 0.6 is 11.8 Å². The average Bonchev–Trinajstić information content (AvgIpc) is 3.18. The summed E-state index contributed by atoms with van der Waals surface area (Å²) < 4.78 is 14.9. The Bertz CT molecular complexity index is 1180. The van der Waals surface area contributed by atoms with E-state index < -0.39 is 5.54 Å². The quantitative estimate of drug-likeness (QED) is 0.645. The van der Waals surface area contributed by atoms with Gasteiger partial charge in [0.2, 0.25) is 0 Å². The van der Waals surface area contributed by atoms with Crippen molar-refractivity contribution in [3.63, 3.8) is 0 Å². The number of amidine groups is 1. The second-order valence-electron chi connectivity index (χ2n) is 7.81. The van der Waals surface area contributed by atoms with Crippen molar-refractivity contribution in [1.82, 2.24) is 4.98 Å². The maximum Gasteiger partial charge on any atom is 0.274 e. The Hall–Kier alpha value is -2.93. The first-order chi connectivity index (χ1) is 14.5. The zero-order valence-electron chi connectivity index (χ0n) is 16.3. The first kappa shape index (κ1) is 19.1. The molecule has 3 aromatic rings. The molecule has 1 aliphatic carbocycles. The van der Waals surface area contributed by atoms with Crippen molar-refractivity contribution in [2.24, 2.45) is 16.6 Å². The fraction of sp³-hybridized carbons (Fsp3) is 0.261. The molecule has 2 heterocycles. The number of fused-ring (bicyclic) bond motifs is 2. The Labute approximate surface area is 178 Å². The highest BCUT2D eigenvalue weighted by molar-refractivity contribution is 8.13. The number of benzene rings is 2. The van der Waals surface area contributed by atoms with Crippen LogP contribution in [0.15, 0.2) is 59.6 Å². The SMILES string of the molecule is NC1=N[C@@]2(c3cc(NC(=O)c4ccc5ccccc5n4)ccc3F)CCC[C@H]2CS1. The number of aromatic nitrogens is 1. The summed E-state index contributed by atoms with van der Waals surface area (Å²) in [6.07, 6.45) is 2.75. The third-order valence-corrected chi connectivity index (χ3v) is 7.01. The van der Waals surface area contributed by atoms with Crippen LogP contribution in [0.1, 0.15) is 35.3 Å². The molecule has 1 saturated carbocycles. The van der Waals surface area contributed by atoms with Crippen LogP contribution in [0.25, 0.3) is 10.9 Å². The van der Waals surface area contributed by atoms with E-state index in [0.717, 1.165) is 35.9 Å². The minimum Gasteiger partial charge on any atom is -0.379 e. The van der Waals surface area contributed by atoms with E-state index in [9.17, 15) is 9.18 Å². The maximum atomic E-state index is 14.9. The first-order valence-corrected chi connectivity index (χ1v) is 11.0. The van der Waals surface area contributed by atoms with Crippen LogP contribution in [0.5, 0.6) is 0 Å². The summed E-state index contributed by atoms with van der Waals surface area (Å²) >= 11 is 1.53. The fourth-order valence-corrected chi connectivity index (χ4v) is 5.62. The van der Waals surface area contributed by atoms with E-state index in [1.807, 2.05) is 30.3 Å².